The Balaban J connectivity index is 2.37. The predicted octanol–water partition coefficient (Wildman–Crippen LogP) is 3.95. The minimum Gasteiger partial charge on any atom is -0.439 e. The standard InChI is InChI=1S/C15H19ClN4O/c1-8(2)15-18-12(20-17)7-13(19-15)21-11-5-9(3)14(16)10(4)6-11/h5-8H,17H2,1-4H3,(H,18,19,20). The molecule has 2 rings (SSSR count). The van der Waals surface area contributed by atoms with Crippen LogP contribution in [0, 0.1) is 13.8 Å². The van der Waals surface area contributed by atoms with Gasteiger partial charge in [0.25, 0.3) is 0 Å². The van der Waals surface area contributed by atoms with E-state index in [-0.39, 0.29) is 5.92 Å². The quantitative estimate of drug-likeness (QED) is 0.661. The number of nitrogens with two attached hydrogens (primary N) is 1. The summed E-state index contributed by atoms with van der Waals surface area (Å²) < 4.78 is 5.82. The molecule has 0 saturated heterocycles. The van der Waals surface area contributed by atoms with Crippen molar-refractivity contribution in [2.75, 3.05) is 5.43 Å². The number of aryl methyl sites for hydroxylation is 2. The molecule has 1 aromatic carbocycles. The molecule has 6 heteroatoms. The van der Waals surface area contributed by atoms with Crippen molar-refractivity contribution in [2.24, 2.45) is 5.84 Å². The first-order valence-corrected chi connectivity index (χ1v) is 7.08. The number of aromatic nitrogens is 2. The lowest BCUT2D eigenvalue weighted by molar-refractivity contribution is 0.456. The highest BCUT2D eigenvalue weighted by Gasteiger charge is 2.10. The maximum absolute atomic E-state index is 6.16. The Bertz CT molecular complexity index is 635. The average molecular weight is 307 g/mol. The van der Waals surface area contributed by atoms with Gasteiger partial charge >= 0.3 is 0 Å². The molecule has 2 aromatic rings. The molecule has 21 heavy (non-hydrogen) atoms. The largest absolute Gasteiger partial charge is 0.439 e. The van der Waals surface area contributed by atoms with Gasteiger partial charge in [-0.05, 0) is 37.1 Å². The van der Waals surface area contributed by atoms with E-state index in [4.69, 9.17) is 22.2 Å². The van der Waals surface area contributed by atoms with Gasteiger partial charge in [-0.3, -0.25) is 0 Å². The summed E-state index contributed by atoms with van der Waals surface area (Å²) in [6.07, 6.45) is 0. The summed E-state index contributed by atoms with van der Waals surface area (Å²) >= 11 is 6.16. The summed E-state index contributed by atoms with van der Waals surface area (Å²) in [6.45, 7) is 7.90. The van der Waals surface area contributed by atoms with Gasteiger partial charge in [0.15, 0.2) is 0 Å². The molecule has 0 bridgehead atoms. The average Bonchev–Trinajstić information content (AvgIpc) is 2.44. The number of hydrazine groups is 1. The van der Waals surface area contributed by atoms with Crippen LogP contribution < -0.4 is 16.0 Å². The second kappa shape index (κ2) is 6.28. The number of rotatable bonds is 4. The van der Waals surface area contributed by atoms with Gasteiger partial charge in [-0.2, -0.15) is 4.98 Å². The summed E-state index contributed by atoms with van der Waals surface area (Å²) in [5.74, 6) is 7.93. The van der Waals surface area contributed by atoms with Crippen LogP contribution in [0.4, 0.5) is 5.82 Å². The Morgan fingerprint density at radius 3 is 2.29 bits per heavy atom. The smallest absolute Gasteiger partial charge is 0.224 e. The van der Waals surface area contributed by atoms with E-state index >= 15 is 0 Å². The number of ether oxygens (including phenoxy) is 1. The molecule has 5 nitrogen and oxygen atoms in total. The fourth-order valence-electron chi connectivity index (χ4n) is 1.91. The molecule has 0 radical (unpaired) electrons. The van der Waals surface area contributed by atoms with Gasteiger partial charge in [0, 0.05) is 17.0 Å². The molecule has 0 unspecified atom stereocenters. The van der Waals surface area contributed by atoms with Gasteiger partial charge in [0.05, 0.1) is 0 Å². The maximum atomic E-state index is 6.16. The SMILES string of the molecule is Cc1cc(Oc2cc(NN)nc(C(C)C)n2)cc(C)c1Cl. The van der Waals surface area contributed by atoms with Crippen LogP contribution in [0.1, 0.15) is 36.7 Å². The highest BCUT2D eigenvalue weighted by atomic mass is 35.5. The Kier molecular flexibility index (Phi) is 4.65. The van der Waals surface area contributed by atoms with Gasteiger partial charge in [0.2, 0.25) is 5.88 Å². The monoisotopic (exact) mass is 306 g/mol. The Morgan fingerprint density at radius 2 is 1.76 bits per heavy atom. The molecule has 0 spiro atoms. The second-order valence-electron chi connectivity index (χ2n) is 5.22. The summed E-state index contributed by atoms with van der Waals surface area (Å²) in [4.78, 5) is 8.69. The number of hydrogen-bond acceptors (Lipinski definition) is 5. The first kappa shape index (κ1) is 15.5. The Morgan fingerprint density at radius 1 is 1.14 bits per heavy atom. The van der Waals surface area contributed by atoms with Crippen LogP contribution in [0.3, 0.4) is 0 Å². The minimum atomic E-state index is 0.175. The molecular formula is C15H19ClN4O. The summed E-state index contributed by atoms with van der Waals surface area (Å²) in [6, 6.07) is 5.41. The zero-order valence-corrected chi connectivity index (χ0v) is 13.3. The van der Waals surface area contributed by atoms with Crippen molar-refractivity contribution in [3.63, 3.8) is 0 Å². The van der Waals surface area contributed by atoms with Crippen LogP contribution in [-0.4, -0.2) is 9.97 Å². The summed E-state index contributed by atoms with van der Waals surface area (Å²) in [7, 11) is 0. The zero-order valence-electron chi connectivity index (χ0n) is 12.6. The van der Waals surface area contributed by atoms with Crippen LogP contribution in [-0.2, 0) is 0 Å². The van der Waals surface area contributed by atoms with E-state index in [9.17, 15) is 0 Å². The molecular weight excluding hydrogens is 288 g/mol. The van der Waals surface area contributed by atoms with E-state index in [1.165, 1.54) is 0 Å². The van der Waals surface area contributed by atoms with E-state index in [0.29, 0.717) is 23.3 Å². The van der Waals surface area contributed by atoms with E-state index in [2.05, 4.69) is 15.4 Å². The molecule has 0 aliphatic rings. The summed E-state index contributed by atoms with van der Waals surface area (Å²) in [5, 5.41) is 0.747. The number of nitrogens with zero attached hydrogens (tertiary/aromatic N) is 2. The Labute approximate surface area is 129 Å². The number of anilines is 1. The highest BCUT2D eigenvalue weighted by Crippen LogP contribution is 2.29. The number of hydrogen-bond donors (Lipinski definition) is 2. The molecule has 1 heterocycles. The molecule has 0 saturated carbocycles. The molecule has 0 aliphatic carbocycles. The third-order valence-electron chi connectivity index (χ3n) is 3.02. The van der Waals surface area contributed by atoms with Crippen LogP contribution in [0.5, 0.6) is 11.6 Å². The third-order valence-corrected chi connectivity index (χ3v) is 3.61. The first-order chi connectivity index (χ1) is 9.90. The van der Waals surface area contributed by atoms with Crippen LogP contribution >= 0.6 is 11.6 Å². The van der Waals surface area contributed by atoms with E-state index in [1.807, 2.05) is 39.8 Å². The van der Waals surface area contributed by atoms with Crippen molar-refractivity contribution in [1.82, 2.24) is 9.97 Å². The van der Waals surface area contributed by atoms with Gasteiger partial charge < -0.3 is 10.2 Å². The van der Waals surface area contributed by atoms with E-state index < -0.39 is 0 Å². The molecule has 112 valence electrons. The lowest BCUT2D eigenvalue weighted by Gasteiger charge is -2.12. The first-order valence-electron chi connectivity index (χ1n) is 6.71. The Hall–Kier alpha value is -1.85. The number of nitrogen functional groups attached to an aromatic ring is 1. The highest BCUT2D eigenvalue weighted by molar-refractivity contribution is 6.32. The molecule has 0 atom stereocenters. The van der Waals surface area contributed by atoms with Crippen molar-refractivity contribution in [3.8, 4) is 11.6 Å². The van der Waals surface area contributed by atoms with Gasteiger partial charge in [0.1, 0.15) is 17.4 Å². The second-order valence-corrected chi connectivity index (χ2v) is 5.60. The third kappa shape index (κ3) is 3.62. The van der Waals surface area contributed by atoms with Gasteiger partial charge in [-0.1, -0.05) is 25.4 Å². The van der Waals surface area contributed by atoms with Crippen LogP contribution in [0.2, 0.25) is 5.02 Å². The lowest BCUT2D eigenvalue weighted by Crippen LogP contribution is -2.11. The van der Waals surface area contributed by atoms with Crippen molar-refractivity contribution in [3.05, 3.63) is 40.2 Å². The van der Waals surface area contributed by atoms with Crippen molar-refractivity contribution in [2.45, 2.75) is 33.6 Å². The number of nitrogens with one attached hydrogen (secondary N) is 1. The molecule has 0 amide bonds. The van der Waals surface area contributed by atoms with E-state index in [0.717, 1.165) is 16.1 Å². The van der Waals surface area contributed by atoms with Crippen LogP contribution in [0.15, 0.2) is 18.2 Å². The predicted molar refractivity (Wildman–Crippen MR) is 84.9 cm³/mol. The maximum Gasteiger partial charge on any atom is 0.224 e. The molecule has 3 N–H and O–H groups in total. The molecule has 0 fully saturated rings. The van der Waals surface area contributed by atoms with Gasteiger partial charge in [-0.25, -0.2) is 10.8 Å². The fourth-order valence-corrected chi connectivity index (χ4v) is 2.02. The zero-order chi connectivity index (χ0) is 15.6. The topological polar surface area (TPSA) is 73.1 Å². The molecule has 0 aliphatic heterocycles. The van der Waals surface area contributed by atoms with Crippen molar-refractivity contribution < 1.29 is 4.74 Å². The number of benzene rings is 1. The summed E-state index contributed by atoms with van der Waals surface area (Å²) in [5.41, 5.74) is 4.45. The lowest BCUT2D eigenvalue weighted by atomic mass is 10.1. The van der Waals surface area contributed by atoms with Crippen molar-refractivity contribution in [1.29, 1.82) is 0 Å². The van der Waals surface area contributed by atoms with E-state index in [1.54, 1.807) is 6.07 Å². The van der Waals surface area contributed by atoms with Crippen LogP contribution in [0.25, 0.3) is 0 Å². The molecule has 1 aromatic heterocycles. The minimum absolute atomic E-state index is 0.175. The van der Waals surface area contributed by atoms with Gasteiger partial charge in [-0.15, -0.1) is 0 Å². The van der Waals surface area contributed by atoms with Crippen molar-refractivity contribution >= 4 is 17.4 Å². The normalized spacial score (nSPS) is 10.8. The number of halogens is 1. The fraction of sp³-hybridized carbons (Fsp3) is 0.333.